The van der Waals surface area contributed by atoms with E-state index in [2.05, 4.69) is 41.6 Å². The molecule has 14 heavy (non-hydrogen) atoms. The molecule has 2 nitrogen and oxygen atoms in total. The summed E-state index contributed by atoms with van der Waals surface area (Å²) in [7, 11) is 0. The van der Waals surface area contributed by atoms with Gasteiger partial charge < -0.3 is 9.47 Å². The Kier molecular flexibility index (Phi) is 3.09. The zero-order valence-corrected chi connectivity index (χ0v) is 10.4. The lowest BCUT2D eigenvalue weighted by atomic mass is 10.1. The van der Waals surface area contributed by atoms with Gasteiger partial charge in [0.2, 0.25) is 0 Å². The molecule has 1 unspecified atom stereocenters. The van der Waals surface area contributed by atoms with E-state index in [9.17, 15) is 0 Å². The third kappa shape index (κ3) is 1.94. The molecule has 0 N–H and O–H groups in total. The highest BCUT2D eigenvalue weighted by molar-refractivity contribution is 14.1. The van der Waals surface area contributed by atoms with Gasteiger partial charge in [-0.3, -0.25) is 0 Å². The summed E-state index contributed by atoms with van der Waals surface area (Å²) in [6.07, 6.45) is 0.130. The van der Waals surface area contributed by atoms with E-state index in [0.29, 0.717) is 0 Å². The second kappa shape index (κ2) is 4.16. The third-order valence-corrected chi connectivity index (χ3v) is 3.37. The van der Waals surface area contributed by atoms with Crippen LogP contribution in [-0.4, -0.2) is 12.4 Å². The van der Waals surface area contributed by atoms with Gasteiger partial charge in [-0.1, -0.05) is 18.2 Å². The zero-order valence-electron chi connectivity index (χ0n) is 8.24. The molecule has 1 saturated heterocycles. The maximum absolute atomic E-state index is 5.71. The first-order chi connectivity index (χ1) is 6.68. The van der Waals surface area contributed by atoms with Crippen molar-refractivity contribution in [2.45, 2.75) is 32.3 Å². The van der Waals surface area contributed by atoms with Gasteiger partial charge in [-0.05, 0) is 48.1 Å². The number of hydrogen-bond acceptors (Lipinski definition) is 2. The molecule has 1 heterocycles. The second-order valence-electron chi connectivity index (χ2n) is 3.49. The van der Waals surface area contributed by atoms with Gasteiger partial charge in [-0.25, -0.2) is 0 Å². The fourth-order valence-corrected chi connectivity index (χ4v) is 2.45. The van der Waals surface area contributed by atoms with Crippen LogP contribution in [0.15, 0.2) is 24.3 Å². The molecule has 1 aromatic carbocycles. The molecule has 0 spiro atoms. The zero-order chi connectivity index (χ0) is 10.1. The van der Waals surface area contributed by atoms with E-state index in [4.69, 9.17) is 9.47 Å². The monoisotopic (exact) mass is 304 g/mol. The van der Waals surface area contributed by atoms with E-state index >= 15 is 0 Å². The molecule has 1 aliphatic heterocycles. The third-order valence-electron chi connectivity index (χ3n) is 2.38. The van der Waals surface area contributed by atoms with Crippen LogP contribution < -0.4 is 0 Å². The summed E-state index contributed by atoms with van der Waals surface area (Å²) in [5.74, 6) is 0. The fraction of sp³-hybridized carbons (Fsp3) is 0.455. The standard InChI is InChI=1S/C11H13IO2/c1-7-11(14-8(2)13-7)9-5-3-4-6-10(9)12/h3-8,11H,1-2H3/t7-,8?,11+/m1/s1. The van der Waals surface area contributed by atoms with Crippen molar-refractivity contribution in [2.24, 2.45) is 0 Å². The van der Waals surface area contributed by atoms with Crippen molar-refractivity contribution in [1.82, 2.24) is 0 Å². The van der Waals surface area contributed by atoms with Crippen molar-refractivity contribution in [2.75, 3.05) is 0 Å². The SMILES string of the molecule is CC1O[C@H](c2ccccc2I)[C@@H](C)O1. The predicted octanol–water partition coefficient (Wildman–Crippen LogP) is 3.11. The number of ether oxygens (including phenoxy) is 2. The van der Waals surface area contributed by atoms with Crippen LogP contribution in [0, 0.1) is 3.57 Å². The average Bonchev–Trinajstić information content (AvgIpc) is 2.46. The molecule has 0 aromatic heterocycles. The topological polar surface area (TPSA) is 18.5 Å². The molecule has 0 radical (unpaired) electrons. The van der Waals surface area contributed by atoms with E-state index in [1.807, 2.05) is 19.1 Å². The first kappa shape index (κ1) is 10.4. The average molecular weight is 304 g/mol. The number of benzene rings is 1. The quantitative estimate of drug-likeness (QED) is 0.742. The maximum atomic E-state index is 5.71. The molecule has 0 amide bonds. The Morgan fingerprint density at radius 2 is 1.86 bits per heavy atom. The Balaban J connectivity index is 2.27. The summed E-state index contributed by atoms with van der Waals surface area (Å²) < 4.78 is 12.5. The van der Waals surface area contributed by atoms with Crippen LogP contribution in [0.2, 0.25) is 0 Å². The Morgan fingerprint density at radius 3 is 2.43 bits per heavy atom. The highest BCUT2D eigenvalue weighted by Crippen LogP contribution is 2.34. The largest absolute Gasteiger partial charge is 0.347 e. The first-order valence-corrected chi connectivity index (χ1v) is 5.81. The van der Waals surface area contributed by atoms with Crippen molar-refractivity contribution in [1.29, 1.82) is 0 Å². The molecule has 3 atom stereocenters. The molecular weight excluding hydrogens is 291 g/mol. The molecule has 0 saturated carbocycles. The Hall–Kier alpha value is -0.130. The Bertz CT molecular complexity index is 327. The van der Waals surface area contributed by atoms with E-state index in [1.54, 1.807) is 0 Å². The van der Waals surface area contributed by atoms with E-state index in [-0.39, 0.29) is 18.5 Å². The number of rotatable bonds is 1. The minimum absolute atomic E-state index is 0.0816. The van der Waals surface area contributed by atoms with Crippen molar-refractivity contribution in [3.8, 4) is 0 Å². The van der Waals surface area contributed by atoms with Gasteiger partial charge in [0.1, 0.15) is 6.10 Å². The minimum atomic E-state index is -0.0917. The van der Waals surface area contributed by atoms with Gasteiger partial charge in [0.05, 0.1) is 6.10 Å². The van der Waals surface area contributed by atoms with E-state index in [1.165, 1.54) is 9.13 Å². The van der Waals surface area contributed by atoms with Crippen molar-refractivity contribution >= 4 is 22.6 Å². The maximum Gasteiger partial charge on any atom is 0.156 e. The highest BCUT2D eigenvalue weighted by Gasteiger charge is 2.32. The summed E-state index contributed by atoms with van der Waals surface area (Å²) in [6.45, 7) is 3.99. The van der Waals surface area contributed by atoms with Crippen LogP contribution in [0.4, 0.5) is 0 Å². The fourth-order valence-electron chi connectivity index (χ4n) is 1.75. The molecule has 0 bridgehead atoms. The lowest BCUT2D eigenvalue weighted by molar-refractivity contribution is -0.0495. The molecule has 76 valence electrons. The molecular formula is C11H13IO2. The summed E-state index contributed by atoms with van der Waals surface area (Å²) in [5.41, 5.74) is 1.23. The van der Waals surface area contributed by atoms with Gasteiger partial charge in [-0.15, -0.1) is 0 Å². The van der Waals surface area contributed by atoms with E-state index in [0.717, 1.165) is 0 Å². The lowest BCUT2D eigenvalue weighted by Gasteiger charge is -2.14. The van der Waals surface area contributed by atoms with Crippen LogP contribution in [0.25, 0.3) is 0 Å². The Labute approximate surface area is 97.7 Å². The summed E-state index contributed by atoms with van der Waals surface area (Å²) in [6, 6.07) is 8.27. The van der Waals surface area contributed by atoms with Crippen LogP contribution in [-0.2, 0) is 9.47 Å². The first-order valence-electron chi connectivity index (χ1n) is 4.74. The van der Waals surface area contributed by atoms with Gasteiger partial charge in [0, 0.05) is 3.57 Å². The van der Waals surface area contributed by atoms with Crippen molar-refractivity contribution < 1.29 is 9.47 Å². The molecule has 2 rings (SSSR count). The summed E-state index contributed by atoms with van der Waals surface area (Å²) in [4.78, 5) is 0. The van der Waals surface area contributed by atoms with Crippen LogP contribution in [0.3, 0.4) is 0 Å². The summed E-state index contributed by atoms with van der Waals surface area (Å²) in [5, 5.41) is 0. The van der Waals surface area contributed by atoms with Crippen molar-refractivity contribution in [3.63, 3.8) is 0 Å². The number of halogens is 1. The van der Waals surface area contributed by atoms with E-state index < -0.39 is 0 Å². The normalized spacial score (nSPS) is 32.1. The van der Waals surface area contributed by atoms with Gasteiger partial charge in [0.15, 0.2) is 6.29 Å². The Morgan fingerprint density at radius 1 is 1.14 bits per heavy atom. The van der Waals surface area contributed by atoms with Crippen LogP contribution >= 0.6 is 22.6 Å². The van der Waals surface area contributed by atoms with Gasteiger partial charge in [-0.2, -0.15) is 0 Å². The second-order valence-corrected chi connectivity index (χ2v) is 4.65. The van der Waals surface area contributed by atoms with Gasteiger partial charge in [0.25, 0.3) is 0 Å². The smallest absolute Gasteiger partial charge is 0.156 e. The lowest BCUT2D eigenvalue weighted by Crippen LogP contribution is -2.11. The molecule has 1 fully saturated rings. The number of hydrogen-bond donors (Lipinski definition) is 0. The molecule has 3 heteroatoms. The molecule has 1 aromatic rings. The van der Waals surface area contributed by atoms with Crippen molar-refractivity contribution in [3.05, 3.63) is 33.4 Å². The van der Waals surface area contributed by atoms with Crippen LogP contribution in [0.1, 0.15) is 25.5 Å². The minimum Gasteiger partial charge on any atom is -0.347 e. The highest BCUT2D eigenvalue weighted by atomic mass is 127. The molecule has 0 aliphatic carbocycles. The molecule has 1 aliphatic rings. The van der Waals surface area contributed by atoms with Crippen LogP contribution in [0.5, 0.6) is 0 Å². The van der Waals surface area contributed by atoms with Gasteiger partial charge >= 0.3 is 0 Å². The summed E-state index contributed by atoms with van der Waals surface area (Å²) >= 11 is 2.33. The predicted molar refractivity (Wildman–Crippen MR) is 63.0 cm³/mol.